The largest absolute Gasteiger partial charge is 0.452 e. The van der Waals surface area contributed by atoms with Crippen molar-refractivity contribution in [2.75, 3.05) is 36.4 Å². The van der Waals surface area contributed by atoms with Crippen LogP contribution >= 0.6 is 0 Å². The van der Waals surface area contributed by atoms with E-state index in [4.69, 9.17) is 9.15 Å². The van der Waals surface area contributed by atoms with Gasteiger partial charge in [0.1, 0.15) is 5.82 Å². The van der Waals surface area contributed by atoms with Crippen LogP contribution in [0.25, 0.3) is 5.57 Å². The van der Waals surface area contributed by atoms with Crippen LogP contribution in [0.5, 0.6) is 0 Å². The maximum absolute atomic E-state index is 13.6. The number of allylic oxidation sites excluding steroid dienone is 4. The first-order valence-corrected chi connectivity index (χ1v) is 12.0. The molecule has 4 rings (SSSR count). The molecule has 0 spiro atoms. The van der Waals surface area contributed by atoms with Crippen molar-refractivity contribution in [1.29, 1.82) is 0 Å². The Balaban J connectivity index is 1.43. The van der Waals surface area contributed by atoms with E-state index in [-0.39, 0.29) is 23.8 Å². The Hall–Kier alpha value is -3.83. The normalized spacial score (nSPS) is 16.4. The maximum atomic E-state index is 13.6. The fourth-order valence-electron chi connectivity index (χ4n) is 4.00. The summed E-state index contributed by atoms with van der Waals surface area (Å²) in [4.78, 5) is 36.8. The predicted octanol–water partition coefficient (Wildman–Crippen LogP) is 5.13. The third-order valence-electron chi connectivity index (χ3n) is 5.76. The molecule has 1 saturated heterocycles. The van der Waals surface area contributed by atoms with Crippen molar-refractivity contribution in [1.82, 2.24) is 14.9 Å². The lowest BCUT2D eigenvalue weighted by Gasteiger charge is -2.23. The molecule has 0 saturated carbocycles. The van der Waals surface area contributed by atoms with Gasteiger partial charge in [-0.3, -0.25) is 4.79 Å². The molecule has 0 bridgehead atoms. The van der Waals surface area contributed by atoms with Crippen LogP contribution in [-0.2, 0) is 10.9 Å². The van der Waals surface area contributed by atoms with Crippen LogP contribution in [-0.4, -0.2) is 59.2 Å². The van der Waals surface area contributed by atoms with Crippen LogP contribution in [0.2, 0.25) is 0 Å². The van der Waals surface area contributed by atoms with Crippen LogP contribution in [0.4, 0.5) is 29.5 Å². The fraction of sp³-hybridized carbons (Fsp3) is 0.440. The fourth-order valence-corrected chi connectivity index (χ4v) is 4.00. The maximum Gasteiger partial charge on any atom is 0.452 e. The van der Waals surface area contributed by atoms with E-state index in [1.54, 1.807) is 49.1 Å². The van der Waals surface area contributed by atoms with Gasteiger partial charge in [-0.25, -0.2) is 14.8 Å². The molecule has 0 radical (unpaired) electrons. The number of hydrogen-bond donors (Lipinski definition) is 1. The second-order valence-corrected chi connectivity index (χ2v) is 8.95. The molecular formula is C25H28F3N5O4. The minimum absolute atomic E-state index is 0.200. The van der Waals surface area contributed by atoms with Crippen LogP contribution in [0.15, 0.2) is 41.0 Å². The standard InChI is InChI=1S/C25H28F3N5O4/c1-16(2)36-24(35)33-12-6-11-32(13-14-33)19-10-9-18(15-29-19)30-22(34)20-21(25(26,27)28)37-23(31-20)17-7-4-3-5-8-17/h4,7-10,15-16H,3,5-6,11-14H2,1-2H3,(H,30,34). The van der Waals surface area contributed by atoms with Crippen LogP contribution in [0.3, 0.4) is 0 Å². The lowest BCUT2D eigenvalue weighted by Crippen LogP contribution is -2.36. The average Bonchev–Trinajstić information content (AvgIpc) is 3.18. The Morgan fingerprint density at radius 1 is 1.14 bits per heavy atom. The number of oxazole rings is 1. The zero-order valence-corrected chi connectivity index (χ0v) is 20.5. The minimum Gasteiger partial charge on any atom is -0.447 e. The smallest absolute Gasteiger partial charge is 0.447 e. The molecular weight excluding hydrogens is 491 g/mol. The summed E-state index contributed by atoms with van der Waals surface area (Å²) in [6.07, 6.45) is 3.19. The van der Waals surface area contributed by atoms with Gasteiger partial charge in [-0.2, -0.15) is 13.2 Å². The number of amides is 2. The molecule has 3 heterocycles. The first kappa shape index (κ1) is 26.2. The number of nitrogens with zero attached hydrogens (tertiary/aromatic N) is 4. The van der Waals surface area contributed by atoms with Crippen LogP contribution in [0, 0.1) is 0 Å². The summed E-state index contributed by atoms with van der Waals surface area (Å²) in [6.45, 7) is 5.81. The number of hydrogen-bond acceptors (Lipinski definition) is 7. The molecule has 0 aromatic carbocycles. The Morgan fingerprint density at radius 2 is 1.95 bits per heavy atom. The van der Waals surface area contributed by atoms with Crippen LogP contribution in [0.1, 0.15) is 55.2 Å². The third kappa shape index (κ3) is 6.49. The number of rotatable bonds is 5. The van der Waals surface area contributed by atoms with Gasteiger partial charge in [-0.05, 0) is 45.2 Å². The highest BCUT2D eigenvalue weighted by Gasteiger charge is 2.42. The SMILES string of the molecule is CC(C)OC(=O)N1CCCN(c2ccc(NC(=O)c3nc(C4=CCCC=C4)oc3C(F)(F)F)cn2)CC1. The van der Waals surface area contributed by atoms with Crippen LogP contribution < -0.4 is 10.2 Å². The lowest BCUT2D eigenvalue weighted by atomic mass is 10.1. The first-order chi connectivity index (χ1) is 17.6. The zero-order chi connectivity index (χ0) is 26.6. The topological polar surface area (TPSA) is 101 Å². The summed E-state index contributed by atoms with van der Waals surface area (Å²) in [7, 11) is 0. The quantitative estimate of drug-likeness (QED) is 0.584. The van der Waals surface area contributed by atoms with Gasteiger partial charge in [0, 0.05) is 31.8 Å². The van der Waals surface area contributed by atoms with Crippen molar-refractivity contribution in [3.63, 3.8) is 0 Å². The number of pyridine rings is 1. The number of ether oxygens (including phenoxy) is 1. The highest BCUT2D eigenvalue weighted by Crippen LogP contribution is 2.35. The summed E-state index contributed by atoms with van der Waals surface area (Å²) >= 11 is 0. The number of nitrogens with one attached hydrogen (secondary N) is 1. The van der Waals surface area contributed by atoms with Gasteiger partial charge in [0.2, 0.25) is 11.7 Å². The average molecular weight is 520 g/mol. The Kier molecular flexibility index (Phi) is 7.84. The molecule has 2 aliphatic rings. The Morgan fingerprint density at radius 3 is 2.59 bits per heavy atom. The van der Waals surface area contributed by atoms with E-state index in [0.717, 1.165) is 6.42 Å². The number of halogens is 3. The lowest BCUT2D eigenvalue weighted by molar-refractivity contribution is -0.153. The molecule has 0 unspecified atom stereocenters. The molecule has 1 aliphatic heterocycles. The molecule has 1 aliphatic carbocycles. The predicted molar refractivity (Wildman–Crippen MR) is 130 cm³/mol. The van der Waals surface area contributed by atoms with Crippen molar-refractivity contribution in [3.8, 4) is 0 Å². The van der Waals surface area contributed by atoms with Gasteiger partial charge < -0.3 is 24.3 Å². The van der Waals surface area contributed by atoms with E-state index in [1.807, 2.05) is 4.90 Å². The summed E-state index contributed by atoms with van der Waals surface area (Å²) in [5, 5.41) is 2.42. The van der Waals surface area contributed by atoms with Crippen molar-refractivity contribution < 1.29 is 31.9 Å². The highest BCUT2D eigenvalue weighted by molar-refractivity contribution is 6.03. The number of alkyl halides is 3. The van der Waals surface area contributed by atoms with Gasteiger partial charge >= 0.3 is 12.3 Å². The van der Waals surface area contributed by atoms with Gasteiger partial charge in [0.15, 0.2) is 5.69 Å². The van der Waals surface area contributed by atoms with Crippen molar-refractivity contribution in [3.05, 3.63) is 53.9 Å². The van der Waals surface area contributed by atoms with Crippen molar-refractivity contribution in [2.45, 2.75) is 45.4 Å². The van der Waals surface area contributed by atoms with E-state index >= 15 is 0 Å². The number of carbonyl (C=O) groups is 2. The number of carbonyl (C=O) groups excluding carboxylic acids is 2. The molecule has 37 heavy (non-hydrogen) atoms. The van der Waals surface area contributed by atoms with E-state index in [1.165, 1.54) is 6.20 Å². The summed E-state index contributed by atoms with van der Waals surface area (Å²) in [5.41, 5.74) is -0.234. The van der Waals surface area contributed by atoms with E-state index in [9.17, 15) is 22.8 Å². The Labute approximate surface area is 212 Å². The molecule has 2 aromatic heterocycles. The monoisotopic (exact) mass is 519 g/mol. The van der Waals surface area contributed by atoms with E-state index in [2.05, 4.69) is 15.3 Å². The first-order valence-electron chi connectivity index (χ1n) is 12.0. The van der Waals surface area contributed by atoms with Crippen molar-refractivity contribution >= 4 is 29.1 Å². The molecule has 1 N–H and O–H groups in total. The molecule has 198 valence electrons. The minimum atomic E-state index is -4.89. The molecule has 2 aromatic rings. The molecule has 9 nitrogen and oxygen atoms in total. The molecule has 2 amide bonds. The molecule has 1 fully saturated rings. The number of anilines is 2. The Bertz CT molecular complexity index is 1190. The zero-order valence-electron chi connectivity index (χ0n) is 20.5. The summed E-state index contributed by atoms with van der Waals surface area (Å²) in [6, 6.07) is 3.21. The summed E-state index contributed by atoms with van der Waals surface area (Å²) in [5.74, 6) is -2.14. The van der Waals surface area contributed by atoms with E-state index < -0.39 is 23.5 Å². The van der Waals surface area contributed by atoms with E-state index in [0.29, 0.717) is 50.4 Å². The molecule has 0 atom stereocenters. The van der Waals surface area contributed by atoms with Gasteiger partial charge in [0.25, 0.3) is 5.91 Å². The van der Waals surface area contributed by atoms with Gasteiger partial charge in [0.05, 0.1) is 18.0 Å². The van der Waals surface area contributed by atoms with Gasteiger partial charge in [-0.1, -0.05) is 18.2 Å². The van der Waals surface area contributed by atoms with Gasteiger partial charge in [-0.15, -0.1) is 0 Å². The van der Waals surface area contributed by atoms with Crippen molar-refractivity contribution in [2.24, 2.45) is 0 Å². The second kappa shape index (κ2) is 11.1. The second-order valence-electron chi connectivity index (χ2n) is 8.95. The number of aromatic nitrogens is 2. The highest BCUT2D eigenvalue weighted by atomic mass is 19.4. The molecule has 12 heteroatoms. The summed E-state index contributed by atoms with van der Waals surface area (Å²) < 4.78 is 50.9. The third-order valence-corrected chi connectivity index (χ3v) is 5.76.